The van der Waals surface area contributed by atoms with Gasteiger partial charge in [0.05, 0.1) is 18.6 Å². The molecule has 1 atom stereocenters. The van der Waals surface area contributed by atoms with Gasteiger partial charge >= 0.3 is 0 Å². The summed E-state index contributed by atoms with van der Waals surface area (Å²) >= 11 is 0. The summed E-state index contributed by atoms with van der Waals surface area (Å²) in [6.45, 7) is 2.43. The van der Waals surface area contributed by atoms with E-state index in [4.69, 9.17) is 9.47 Å². The van der Waals surface area contributed by atoms with Crippen LogP contribution in [0.5, 0.6) is 11.5 Å². The van der Waals surface area contributed by atoms with Crippen LogP contribution in [0.1, 0.15) is 12.5 Å². The van der Waals surface area contributed by atoms with Crippen LogP contribution >= 0.6 is 0 Å². The van der Waals surface area contributed by atoms with Crippen LogP contribution in [0.4, 0.5) is 5.69 Å². The predicted molar refractivity (Wildman–Crippen MR) is 123 cm³/mol. The summed E-state index contributed by atoms with van der Waals surface area (Å²) in [4.78, 5) is 13.1. The second-order valence-corrected chi connectivity index (χ2v) is 8.70. The number of ether oxygens (including phenoxy) is 2. The van der Waals surface area contributed by atoms with Crippen molar-refractivity contribution in [2.24, 2.45) is 0 Å². The predicted octanol–water partition coefficient (Wildman–Crippen LogP) is 3.62. The molecule has 0 aliphatic rings. The second kappa shape index (κ2) is 10.8. The molecule has 0 saturated carbocycles. The van der Waals surface area contributed by atoms with E-state index in [9.17, 15) is 13.2 Å². The molecule has 3 rings (SSSR count). The number of rotatable bonds is 10. The Morgan fingerprint density at radius 2 is 1.53 bits per heavy atom. The molecule has 8 heteroatoms. The number of methoxy groups -OCH3 is 1. The van der Waals surface area contributed by atoms with Crippen LogP contribution < -0.4 is 19.5 Å². The van der Waals surface area contributed by atoms with E-state index in [-0.39, 0.29) is 11.3 Å². The van der Waals surface area contributed by atoms with Gasteiger partial charge < -0.3 is 14.8 Å². The lowest BCUT2D eigenvalue weighted by atomic mass is 10.1. The van der Waals surface area contributed by atoms with E-state index in [1.165, 1.54) is 19.2 Å². The van der Waals surface area contributed by atoms with Gasteiger partial charge in [-0.15, -0.1) is 0 Å². The molecule has 32 heavy (non-hydrogen) atoms. The van der Waals surface area contributed by atoms with Gasteiger partial charge in [-0.25, -0.2) is 8.42 Å². The average Bonchev–Trinajstić information content (AvgIpc) is 2.80. The summed E-state index contributed by atoms with van der Waals surface area (Å²) in [5.74, 6) is 0.764. The minimum Gasteiger partial charge on any atom is -0.497 e. The van der Waals surface area contributed by atoms with Crippen molar-refractivity contribution < 1.29 is 22.7 Å². The molecule has 0 aliphatic heterocycles. The van der Waals surface area contributed by atoms with Crippen LogP contribution in [0, 0.1) is 0 Å². The fourth-order valence-electron chi connectivity index (χ4n) is 3.08. The fourth-order valence-corrected chi connectivity index (χ4v) is 4.27. The Morgan fingerprint density at radius 1 is 0.906 bits per heavy atom. The molecule has 0 spiro atoms. The van der Waals surface area contributed by atoms with Crippen LogP contribution in [0.15, 0.2) is 83.8 Å². The van der Waals surface area contributed by atoms with E-state index in [0.717, 1.165) is 5.56 Å². The Balaban J connectivity index is 1.81. The minimum atomic E-state index is -3.94. The third-order valence-electron chi connectivity index (χ3n) is 4.70. The van der Waals surface area contributed by atoms with Gasteiger partial charge in [0.15, 0.2) is 0 Å². The molecule has 2 N–H and O–H groups in total. The monoisotopic (exact) mass is 454 g/mol. The lowest BCUT2D eigenvalue weighted by Gasteiger charge is -2.19. The summed E-state index contributed by atoms with van der Waals surface area (Å²) in [5, 5.41) is 2.78. The molecule has 0 fully saturated rings. The third kappa shape index (κ3) is 6.32. The molecule has 1 unspecified atom stereocenters. The zero-order chi connectivity index (χ0) is 23.0. The molecule has 1 amide bonds. The summed E-state index contributed by atoms with van der Waals surface area (Å²) < 4.78 is 38.9. The van der Waals surface area contributed by atoms with E-state index >= 15 is 0 Å². The zero-order valence-electron chi connectivity index (χ0n) is 17.9. The van der Waals surface area contributed by atoms with E-state index in [0.29, 0.717) is 23.8 Å². The number of carbonyl (C=O) groups excluding carboxylic acids is 1. The topological polar surface area (TPSA) is 93.7 Å². The lowest BCUT2D eigenvalue weighted by molar-refractivity contribution is -0.117. The Kier molecular flexibility index (Phi) is 7.86. The van der Waals surface area contributed by atoms with Gasteiger partial charge in [-0.3, -0.25) is 4.79 Å². The van der Waals surface area contributed by atoms with Gasteiger partial charge in [0.2, 0.25) is 15.9 Å². The molecule has 0 radical (unpaired) electrons. The maximum Gasteiger partial charge on any atom is 0.242 e. The van der Waals surface area contributed by atoms with Crippen LogP contribution in [0.3, 0.4) is 0 Å². The van der Waals surface area contributed by atoms with Crippen molar-refractivity contribution in [1.82, 2.24) is 4.72 Å². The highest BCUT2D eigenvalue weighted by Gasteiger charge is 2.26. The Morgan fingerprint density at radius 3 is 2.12 bits per heavy atom. The summed E-state index contributed by atoms with van der Waals surface area (Å²) in [6.07, 6.45) is 0.194. The number of nitrogens with one attached hydrogen (secondary N) is 2. The van der Waals surface area contributed by atoms with Crippen molar-refractivity contribution in [2.75, 3.05) is 19.0 Å². The molecular weight excluding hydrogens is 428 g/mol. The minimum absolute atomic E-state index is 0.0465. The Bertz CT molecular complexity index is 1120. The number of amides is 1. The van der Waals surface area contributed by atoms with E-state index in [1.54, 1.807) is 36.4 Å². The Labute approximate surface area is 188 Å². The first kappa shape index (κ1) is 23.3. The molecule has 0 aromatic heterocycles. The highest BCUT2D eigenvalue weighted by molar-refractivity contribution is 7.89. The number of hydrogen-bond acceptors (Lipinski definition) is 5. The smallest absolute Gasteiger partial charge is 0.242 e. The molecule has 3 aromatic rings. The first-order chi connectivity index (χ1) is 15.4. The van der Waals surface area contributed by atoms with Gasteiger partial charge in [-0.2, -0.15) is 4.72 Å². The van der Waals surface area contributed by atoms with Crippen molar-refractivity contribution >= 4 is 21.6 Å². The van der Waals surface area contributed by atoms with Gasteiger partial charge in [-0.05, 0) is 67.4 Å². The number of anilines is 1. The maximum absolute atomic E-state index is 13.0. The van der Waals surface area contributed by atoms with Crippen LogP contribution in [0.2, 0.25) is 0 Å². The second-order valence-electron chi connectivity index (χ2n) is 6.99. The standard InChI is InChI=1S/C24H26N2O5S/c1-3-31-21-11-9-19(10-12-21)25-24(27)23(17-18-7-5-4-6-8-18)26-32(28,29)22-15-13-20(30-2)14-16-22/h4-16,23,26H,3,17H2,1-2H3,(H,25,27). The molecule has 3 aromatic carbocycles. The Hall–Kier alpha value is -3.36. The molecule has 0 bridgehead atoms. The van der Waals surface area contributed by atoms with Gasteiger partial charge in [0, 0.05) is 5.69 Å². The molecule has 0 aliphatic carbocycles. The average molecular weight is 455 g/mol. The number of carbonyl (C=O) groups is 1. The van der Waals surface area contributed by atoms with Gasteiger partial charge in [0.1, 0.15) is 17.5 Å². The number of hydrogen-bond donors (Lipinski definition) is 2. The number of sulfonamides is 1. The maximum atomic E-state index is 13.0. The van der Waals surface area contributed by atoms with E-state index < -0.39 is 22.0 Å². The van der Waals surface area contributed by atoms with Crippen molar-refractivity contribution in [3.63, 3.8) is 0 Å². The third-order valence-corrected chi connectivity index (χ3v) is 6.19. The summed E-state index contributed by atoms with van der Waals surface area (Å²) in [6, 6.07) is 21.1. The quantitative estimate of drug-likeness (QED) is 0.488. The van der Waals surface area contributed by atoms with Crippen LogP contribution in [0.25, 0.3) is 0 Å². The van der Waals surface area contributed by atoms with Gasteiger partial charge in [0.25, 0.3) is 0 Å². The molecule has 168 valence electrons. The highest BCUT2D eigenvalue weighted by atomic mass is 32.2. The van der Waals surface area contributed by atoms with Crippen LogP contribution in [-0.4, -0.2) is 34.1 Å². The van der Waals surface area contributed by atoms with Gasteiger partial charge in [-0.1, -0.05) is 30.3 Å². The molecule has 7 nitrogen and oxygen atoms in total. The first-order valence-corrected chi connectivity index (χ1v) is 11.6. The lowest BCUT2D eigenvalue weighted by Crippen LogP contribution is -2.45. The zero-order valence-corrected chi connectivity index (χ0v) is 18.8. The summed E-state index contributed by atoms with van der Waals surface area (Å²) in [5.41, 5.74) is 1.37. The largest absolute Gasteiger partial charge is 0.497 e. The van der Waals surface area contributed by atoms with E-state index in [2.05, 4.69) is 10.0 Å². The fraction of sp³-hybridized carbons (Fsp3) is 0.208. The normalized spacial score (nSPS) is 12.1. The first-order valence-electron chi connectivity index (χ1n) is 10.2. The van der Waals surface area contributed by atoms with Crippen molar-refractivity contribution in [2.45, 2.75) is 24.3 Å². The van der Waals surface area contributed by atoms with Crippen molar-refractivity contribution in [3.8, 4) is 11.5 Å². The van der Waals surface area contributed by atoms with Crippen LogP contribution in [-0.2, 0) is 21.2 Å². The van der Waals surface area contributed by atoms with E-state index in [1.807, 2.05) is 37.3 Å². The highest BCUT2D eigenvalue weighted by Crippen LogP contribution is 2.18. The van der Waals surface area contributed by atoms with Crippen molar-refractivity contribution in [1.29, 1.82) is 0 Å². The molecule has 0 saturated heterocycles. The molecule has 0 heterocycles. The number of benzene rings is 3. The summed E-state index contributed by atoms with van der Waals surface area (Å²) in [7, 11) is -2.44. The molecular formula is C24H26N2O5S. The SMILES string of the molecule is CCOc1ccc(NC(=O)C(Cc2ccccc2)NS(=O)(=O)c2ccc(OC)cc2)cc1. The van der Waals surface area contributed by atoms with Crippen molar-refractivity contribution in [3.05, 3.63) is 84.4 Å².